The molecule has 3 nitrogen and oxygen atoms in total. The van der Waals surface area contributed by atoms with Crippen molar-refractivity contribution in [2.24, 2.45) is 0 Å². The zero-order chi connectivity index (χ0) is 15.0. The second-order valence-corrected chi connectivity index (χ2v) is 5.78. The summed E-state index contributed by atoms with van der Waals surface area (Å²) in [5.74, 6) is -0.698. The fraction of sp³-hybridized carbons (Fsp3) is 0.125. The molecule has 0 radical (unpaired) electrons. The van der Waals surface area contributed by atoms with Crippen molar-refractivity contribution in [2.75, 3.05) is 11.4 Å². The van der Waals surface area contributed by atoms with Gasteiger partial charge in [0.05, 0.1) is 13.0 Å². The number of ketones is 1. The second-order valence-electron chi connectivity index (χ2n) is 4.86. The summed E-state index contributed by atoms with van der Waals surface area (Å²) in [5.41, 5.74) is 2.06. The van der Waals surface area contributed by atoms with Crippen molar-refractivity contribution in [1.29, 1.82) is 0 Å². The Morgan fingerprint density at radius 2 is 1.90 bits per heavy atom. The van der Waals surface area contributed by atoms with Crippen LogP contribution in [0.1, 0.15) is 15.9 Å². The third-order valence-electron chi connectivity index (χ3n) is 3.44. The first kappa shape index (κ1) is 13.9. The van der Waals surface area contributed by atoms with Crippen LogP contribution in [0.3, 0.4) is 0 Å². The topological polar surface area (TPSA) is 37.4 Å². The summed E-state index contributed by atoms with van der Waals surface area (Å²) in [7, 11) is 0. The Kier molecular flexibility index (Phi) is 3.59. The Morgan fingerprint density at radius 1 is 1.19 bits per heavy atom. The van der Waals surface area contributed by atoms with E-state index in [1.165, 1.54) is 29.2 Å². The predicted octanol–water partition coefficient (Wildman–Crippen LogP) is 3.36. The lowest BCUT2D eigenvalue weighted by Crippen LogP contribution is -2.32. The SMILES string of the molecule is O=C(CN1C(=O)Cc2cc(Br)ccc21)c1ccc(F)cc1. The average molecular weight is 348 g/mol. The van der Waals surface area contributed by atoms with Gasteiger partial charge in [-0.05, 0) is 48.0 Å². The Hall–Kier alpha value is -2.01. The minimum absolute atomic E-state index is 0.0287. The molecule has 0 unspecified atom stereocenters. The first-order valence-corrected chi connectivity index (χ1v) is 7.21. The molecule has 106 valence electrons. The van der Waals surface area contributed by atoms with Gasteiger partial charge in [-0.15, -0.1) is 0 Å². The number of halogens is 2. The van der Waals surface area contributed by atoms with Gasteiger partial charge in [0.2, 0.25) is 5.91 Å². The molecular formula is C16H11BrFNO2. The van der Waals surface area contributed by atoms with Gasteiger partial charge in [0.25, 0.3) is 0 Å². The number of rotatable bonds is 3. The van der Waals surface area contributed by atoms with E-state index in [9.17, 15) is 14.0 Å². The molecule has 0 fully saturated rings. The third kappa shape index (κ3) is 2.74. The van der Waals surface area contributed by atoms with E-state index in [-0.39, 0.29) is 24.1 Å². The van der Waals surface area contributed by atoms with E-state index in [0.29, 0.717) is 12.0 Å². The number of hydrogen-bond donors (Lipinski definition) is 0. The molecule has 1 amide bonds. The highest BCUT2D eigenvalue weighted by atomic mass is 79.9. The fourth-order valence-electron chi connectivity index (χ4n) is 2.40. The van der Waals surface area contributed by atoms with Crippen LogP contribution in [-0.2, 0) is 11.2 Å². The van der Waals surface area contributed by atoms with Crippen LogP contribution in [0, 0.1) is 5.82 Å². The summed E-state index contributed by atoms with van der Waals surface area (Å²) in [6.07, 6.45) is 0.297. The molecule has 2 aromatic rings. The highest BCUT2D eigenvalue weighted by molar-refractivity contribution is 9.10. The molecule has 0 atom stereocenters. The Morgan fingerprint density at radius 3 is 2.62 bits per heavy atom. The molecular weight excluding hydrogens is 337 g/mol. The summed E-state index contributed by atoms with van der Waals surface area (Å²) < 4.78 is 13.8. The lowest BCUT2D eigenvalue weighted by molar-refractivity contribution is -0.117. The van der Waals surface area contributed by atoms with E-state index in [1.54, 1.807) is 0 Å². The van der Waals surface area contributed by atoms with E-state index < -0.39 is 0 Å². The fourth-order valence-corrected chi connectivity index (χ4v) is 2.80. The number of Topliss-reactive ketones (excluding diaryl/α,β-unsaturated/α-hetero) is 1. The third-order valence-corrected chi connectivity index (χ3v) is 3.94. The molecule has 3 rings (SSSR count). The van der Waals surface area contributed by atoms with Crippen LogP contribution in [-0.4, -0.2) is 18.2 Å². The molecule has 0 saturated carbocycles. The number of anilines is 1. The Bertz CT molecular complexity index is 728. The molecule has 1 aliphatic rings. The number of carbonyl (C=O) groups is 2. The highest BCUT2D eigenvalue weighted by Gasteiger charge is 2.29. The average Bonchev–Trinajstić information content (AvgIpc) is 2.75. The van der Waals surface area contributed by atoms with Crippen molar-refractivity contribution in [3.05, 3.63) is 63.9 Å². The first-order chi connectivity index (χ1) is 10.0. The maximum atomic E-state index is 12.9. The van der Waals surface area contributed by atoms with Crippen molar-refractivity contribution in [3.8, 4) is 0 Å². The van der Waals surface area contributed by atoms with Crippen molar-refractivity contribution < 1.29 is 14.0 Å². The van der Waals surface area contributed by atoms with Crippen LogP contribution in [0.15, 0.2) is 46.9 Å². The number of fused-ring (bicyclic) bond motifs is 1. The highest BCUT2D eigenvalue weighted by Crippen LogP contribution is 2.31. The zero-order valence-electron chi connectivity index (χ0n) is 11.0. The monoisotopic (exact) mass is 347 g/mol. The van der Waals surface area contributed by atoms with Crippen LogP contribution in [0.25, 0.3) is 0 Å². The molecule has 2 aromatic carbocycles. The molecule has 21 heavy (non-hydrogen) atoms. The van der Waals surface area contributed by atoms with E-state index in [2.05, 4.69) is 15.9 Å². The van der Waals surface area contributed by atoms with Gasteiger partial charge < -0.3 is 4.90 Å². The molecule has 1 aliphatic heterocycles. The lowest BCUT2D eigenvalue weighted by atomic mass is 10.1. The van der Waals surface area contributed by atoms with Gasteiger partial charge in [0.15, 0.2) is 5.78 Å². The largest absolute Gasteiger partial charge is 0.304 e. The van der Waals surface area contributed by atoms with Gasteiger partial charge in [-0.3, -0.25) is 9.59 Å². The van der Waals surface area contributed by atoms with Crippen molar-refractivity contribution in [1.82, 2.24) is 0 Å². The van der Waals surface area contributed by atoms with Gasteiger partial charge in [-0.1, -0.05) is 15.9 Å². The molecule has 0 spiro atoms. The lowest BCUT2D eigenvalue weighted by Gasteiger charge is -2.16. The van der Waals surface area contributed by atoms with Crippen LogP contribution in [0.5, 0.6) is 0 Å². The van der Waals surface area contributed by atoms with Gasteiger partial charge >= 0.3 is 0 Å². The summed E-state index contributed by atoms with van der Waals surface area (Å²) in [6, 6.07) is 10.9. The minimum Gasteiger partial charge on any atom is -0.304 e. The van der Waals surface area contributed by atoms with E-state index in [0.717, 1.165) is 15.7 Å². The van der Waals surface area contributed by atoms with Crippen molar-refractivity contribution >= 4 is 33.3 Å². The van der Waals surface area contributed by atoms with Gasteiger partial charge in [0, 0.05) is 15.7 Å². The number of nitrogens with zero attached hydrogens (tertiary/aromatic N) is 1. The van der Waals surface area contributed by atoms with Gasteiger partial charge in [-0.25, -0.2) is 4.39 Å². The maximum Gasteiger partial charge on any atom is 0.231 e. The molecule has 0 saturated heterocycles. The number of amides is 1. The van der Waals surface area contributed by atoms with Crippen LogP contribution < -0.4 is 4.90 Å². The maximum absolute atomic E-state index is 12.9. The predicted molar refractivity (Wildman–Crippen MR) is 80.9 cm³/mol. The number of hydrogen-bond acceptors (Lipinski definition) is 2. The molecule has 1 heterocycles. The van der Waals surface area contributed by atoms with E-state index in [4.69, 9.17) is 0 Å². The summed E-state index contributed by atoms with van der Waals surface area (Å²) >= 11 is 3.37. The minimum atomic E-state index is -0.390. The normalized spacial score (nSPS) is 13.4. The standard InChI is InChI=1S/C16H11BrFNO2/c17-12-3-6-14-11(7-12)8-16(21)19(14)9-15(20)10-1-4-13(18)5-2-10/h1-7H,8-9H2. The molecule has 0 aliphatic carbocycles. The summed E-state index contributed by atoms with van der Waals surface area (Å²) in [4.78, 5) is 25.8. The van der Waals surface area contributed by atoms with Crippen LogP contribution >= 0.6 is 15.9 Å². The van der Waals surface area contributed by atoms with Crippen molar-refractivity contribution in [2.45, 2.75) is 6.42 Å². The van der Waals surface area contributed by atoms with E-state index in [1.807, 2.05) is 18.2 Å². The molecule has 0 aromatic heterocycles. The smallest absolute Gasteiger partial charge is 0.231 e. The van der Waals surface area contributed by atoms with Gasteiger partial charge in [0.1, 0.15) is 5.82 Å². The summed E-state index contributed by atoms with van der Waals surface area (Å²) in [5, 5.41) is 0. The van der Waals surface area contributed by atoms with Crippen LogP contribution in [0.4, 0.5) is 10.1 Å². The Balaban J connectivity index is 1.84. The van der Waals surface area contributed by atoms with E-state index >= 15 is 0 Å². The Labute approximate surface area is 129 Å². The van der Waals surface area contributed by atoms with Crippen molar-refractivity contribution in [3.63, 3.8) is 0 Å². The summed E-state index contributed by atoms with van der Waals surface area (Å²) in [6.45, 7) is -0.0287. The second kappa shape index (κ2) is 5.41. The molecule has 5 heteroatoms. The zero-order valence-corrected chi connectivity index (χ0v) is 12.6. The van der Waals surface area contributed by atoms with Gasteiger partial charge in [-0.2, -0.15) is 0 Å². The number of carbonyl (C=O) groups excluding carboxylic acids is 2. The van der Waals surface area contributed by atoms with Crippen LogP contribution in [0.2, 0.25) is 0 Å². The quantitative estimate of drug-likeness (QED) is 0.798. The molecule has 0 bridgehead atoms. The first-order valence-electron chi connectivity index (χ1n) is 6.42. The molecule has 0 N–H and O–H groups in total. The number of benzene rings is 2.